The standard InChI is InChI=1S/C36H55N3O2/c1-10-34(5,6)41-22-21-36(9,11-2)38-28-17-15-27(16-18-28)37-29-19-20-30-31(23-29)35(7,8)25(4)32(33(30)40)39(12-3)24-26-13-14-26/h15-20,23,25-26,32,37-38H,10-14,21-22,24H2,1-9H3/t25-,32?,36?/m0/s1. The Morgan fingerprint density at radius 2 is 1.59 bits per heavy atom. The minimum atomic E-state index is -0.100. The van der Waals surface area contributed by atoms with E-state index in [9.17, 15) is 4.79 Å². The van der Waals surface area contributed by atoms with Gasteiger partial charge in [0.25, 0.3) is 0 Å². The van der Waals surface area contributed by atoms with E-state index in [1.165, 1.54) is 12.8 Å². The van der Waals surface area contributed by atoms with Crippen LogP contribution in [0.15, 0.2) is 42.5 Å². The summed E-state index contributed by atoms with van der Waals surface area (Å²) in [5, 5.41) is 7.34. The molecule has 5 heteroatoms. The fourth-order valence-corrected chi connectivity index (χ4v) is 6.08. The van der Waals surface area contributed by atoms with E-state index >= 15 is 0 Å². The van der Waals surface area contributed by atoms with Gasteiger partial charge in [0.2, 0.25) is 0 Å². The van der Waals surface area contributed by atoms with Gasteiger partial charge in [-0.2, -0.15) is 0 Å². The number of anilines is 3. The van der Waals surface area contributed by atoms with Crippen LogP contribution in [0.1, 0.15) is 110 Å². The Morgan fingerprint density at radius 1 is 0.951 bits per heavy atom. The predicted octanol–water partition coefficient (Wildman–Crippen LogP) is 8.82. The molecule has 0 saturated heterocycles. The molecule has 0 radical (unpaired) electrons. The second kappa shape index (κ2) is 12.5. The van der Waals surface area contributed by atoms with Gasteiger partial charge >= 0.3 is 0 Å². The van der Waals surface area contributed by atoms with Crippen LogP contribution in [0.4, 0.5) is 17.1 Å². The van der Waals surface area contributed by atoms with Crippen molar-refractivity contribution in [3.05, 3.63) is 53.6 Å². The van der Waals surface area contributed by atoms with Crippen molar-refractivity contribution in [3.8, 4) is 0 Å². The molecule has 2 aliphatic carbocycles. The molecular formula is C36H55N3O2. The first kappa shape index (κ1) is 31.6. The molecule has 2 aromatic rings. The summed E-state index contributed by atoms with van der Waals surface area (Å²) >= 11 is 0. The third-order valence-electron chi connectivity index (χ3n) is 10.2. The van der Waals surface area contributed by atoms with Gasteiger partial charge in [0.1, 0.15) is 0 Å². The predicted molar refractivity (Wildman–Crippen MR) is 174 cm³/mol. The van der Waals surface area contributed by atoms with Crippen LogP contribution in [0.5, 0.6) is 0 Å². The highest BCUT2D eigenvalue weighted by atomic mass is 16.5. The van der Waals surface area contributed by atoms with Gasteiger partial charge in [0, 0.05) is 41.3 Å². The van der Waals surface area contributed by atoms with Gasteiger partial charge in [0.05, 0.1) is 11.6 Å². The summed E-state index contributed by atoms with van der Waals surface area (Å²) < 4.78 is 6.13. The van der Waals surface area contributed by atoms with E-state index in [4.69, 9.17) is 4.74 Å². The lowest BCUT2D eigenvalue weighted by atomic mass is 9.63. The van der Waals surface area contributed by atoms with Crippen LogP contribution in [0.25, 0.3) is 0 Å². The molecule has 0 spiro atoms. The number of nitrogens with zero attached hydrogens (tertiary/aromatic N) is 1. The normalized spacial score (nSPS) is 21.9. The third-order valence-corrected chi connectivity index (χ3v) is 10.2. The van der Waals surface area contributed by atoms with Crippen molar-refractivity contribution in [2.24, 2.45) is 11.8 Å². The molecule has 2 aromatic carbocycles. The Morgan fingerprint density at radius 3 is 2.17 bits per heavy atom. The Hall–Kier alpha value is -2.37. The van der Waals surface area contributed by atoms with Crippen LogP contribution in [0.3, 0.4) is 0 Å². The van der Waals surface area contributed by atoms with Gasteiger partial charge in [0.15, 0.2) is 5.78 Å². The molecule has 4 rings (SSSR count). The molecule has 226 valence electrons. The van der Waals surface area contributed by atoms with Crippen LogP contribution in [-0.4, -0.2) is 47.6 Å². The maximum Gasteiger partial charge on any atom is 0.180 e. The van der Waals surface area contributed by atoms with E-state index in [2.05, 4.69) is 120 Å². The maximum atomic E-state index is 13.8. The van der Waals surface area contributed by atoms with E-state index < -0.39 is 0 Å². The summed E-state index contributed by atoms with van der Waals surface area (Å²) in [6, 6.07) is 14.8. The molecule has 2 aliphatic rings. The molecule has 0 aromatic heterocycles. The van der Waals surface area contributed by atoms with E-state index in [1.807, 2.05) is 0 Å². The Kier molecular flexibility index (Phi) is 9.60. The third kappa shape index (κ3) is 7.35. The molecule has 0 bridgehead atoms. The minimum absolute atomic E-state index is 0.0318. The van der Waals surface area contributed by atoms with Gasteiger partial charge in [-0.15, -0.1) is 0 Å². The summed E-state index contributed by atoms with van der Waals surface area (Å²) in [5.74, 6) is 1.31. The number of hydrogen-bond acceptors (Lipinski definition) is 5. The number of benzene rings is 2. The van der Waals surface area contributed by atoms with Crippen LogP contribution in [0, 0.1) is 11.8 Å². The Bertz CT molecular complexity index is 1180. The largest absolute Gasteiger partial charge is 0.380 e. The number of hydrogen-bond donors (Lipinski definition) is 2. The van der Waals surface area contributed by atoms with Crippen molar-refractivity contribution >= 4 is 22.8 Å². The second-order valence-corrected chi connectivity index (χ2v) is 14.1. The summed E-state index contributed by atoms with van der Waals surface area (Å²) in [7, 11) is 0. The number of likely N-dealkylation sites (N-methyl/N-ethyl adjacent to an activating group) is 1. The monoisotopic (exact) mass is 561 g/mol. The Labute approximate surface area is 249 Å². The number of Topliss-reactive ketones (excluding diaryl/α,β-unsaturated/α-hetero) is 1. The van der Waals surface area contributed by atoms with Gasteiger partial charge in [-0.3, -0.25) is 9.69 Å². The zero-order valence-electron chi connectivity index (χ0n) is 27.2. The van der Waals surface area contributed by atoms with Crippen molar-refractivity contribution in [1.29, 1.82) is 0 Å². The number of fused-ring (bicyclic) bond motifs is 1. The van der Waals surface area contributed by atoms with Crippen LogP contribution in [0.2, 0.25) is 0 Å². The molecule has 0 heterocycles. The van der Waals surface area contributed by atoms with Crippen molar-refractivity contribution in [1.82, 2.24) is 4.90 Å². The van der Waals surface area contributed by atoms with E-state index in [-0.39, 0.29) is 28.5 Å². The number of rotatable bonds is 14. The molecule has 3 atom stereocenters. The SMILES string of the molecule is CCN(CC1CC1)C1C(=O)c2ccc(Nc3ccc(NC(C)(CC)CCOC(C)(C)CC)cc3)cc2C(C)(C)[C@H]1C. The van der Waals surface area contributed by atoms with E-state index in [1.54, 1.807) is 0 Å². The number of nitrogens with one attached hydrogen (secondary N) is 2. The fourth-order valence-electron chi connectivity index (χ4n) is 6.08. The molecule has 0 amide bonds. The lowest BCUT2D eigenvalue weighted by Gasteiger charge is -2.47. The average molecular weight is 562 g/mol. The minimum Gasteiger partial charge on any atom is -0.380 e. The molecule has 41 heavy (non-hydrogen) atoms. The molecule has 1 saturated carbocycles. The first-order valence-electron chi connectivity index (χ1n) is 16.0. The van der Waals surface area contributed by atoms with Crippen LogP contribution >= 0.6 is 0 Å². The van der Waals surface area contributed by atoms with Gasteiger partial charge < -0.3 is 15.4 Å². The molecular weight excluding hydrogens is 506 g/mol. The smallest absolute Gasteiger partial charge is 0.180 e. The topological polar surface area (TPSA) is 53.6 Å². The molecule has 1 fully saturated rings. The summed E-state index contributed by atoms with van der Waals surface area (Å²) in [4.78, 5) is 16.3. The van der Waals surface area contributed by atoms with Gasteiger partial charge in [-0.05, 0) is 125 Å². The quantitative estimate of drug-likeness (QED) is 0.241. The zero-order valence-corrected chi connectivity index (χ0v) is 27.2. The number of carbonyl (C=O) groups is 1. The van der Waals surface area contributed by atoms with Crippen molar-refractivity contribution < 1.29 is 9.53 Å². The number of ketones is 1. The number of carbonyl (C=O) groups excluding carboxylic acids is 1. The number of ether oxygens (including phenoxy) is 1. The first-order valence-corrected chi connectivity index (χ1v) is 16.0. The Balaban J connectivity index is 1.45. The molecule has 5 nitrogen and oxygen atoms in total. The summed E-state index contributed by atoms with van der Waals surface area (Å²) in [5.41, 5.74) is 5.01. The van der Waals surface area contributed by atoms with E-state index in [0.29, 0.717) is 5.78 Å². The van der Waals surface area contributed by atoms with Gasteiger partial charge in [-0.1, -0.05) is 41.5 Å². The molecule has 0 aliphatic heterocycles. The highest BCUT2D eigenvalue weighted by Crippen LogP contribution is 2.45. The van der Waals surface area contributed by atoms with Crippen LogP contribution in [-0.2, 0) is 10.2 Å². The first-order chi connectivity index (χ1) is 19.3. The molecule has 2 unspecified atom stereocenters. The average Bonchev–Trinajstić information content (AvgIpc) is 3.77. The second-order valence-electron chi connectivity index (χ2n) is 14.1. The van der Waals surface area contributed by atoms with Crippen molar-refractivity contribution in [2.75, 3.05) is 30.3 Å². The summed E-state index contributed by atoms with van der Waals surface area (Å²) in [6.45, 7) is 22.8. The van der Waals surface area contributed by atoms with E-state index in [0.717, 1.165) is 73.1 Å². The van der Waals surface area contributed by atoms with Gasteiger partial charge in [-0.25, -0.2) is 0 Å². The molecule has 2 N–H and O–H groups in total. The van der Waals surface area contributed by atoms with Crippen molar-refractivity contribution in [2.45, 2.75) is 117 Å². The van der Waals surface area contributed by atoms with Crippen molar-refractivity contribution in [3.63, 3.8) is 0 Å². The fraction of sp³-hybridized carbons (Fsp3) is 0.639. The highest BCUT2D eigenvalue weighted by Gasteiger charge is 2.47. The highest BCUT2D eigenvalue weighted by molar-refractivity contribution is 6.03. The lowest BCUT2D eigenvalue weighted by molar-refractivity contribution is -0.0258. The van der Waals surface area contributed by atoms with Crippen LogP contribution < -0.4 is 10.6 Å². The maximum absolute atomic E-state index is 13.8. The zero-order chi connectivity index (χ0) is 30.0. The lowest BCUT2D eigenvalue weighted by Crippen LogP contribution is -2.55. The summed E-state index contributed by atoms with van der Waals surface area (Å²) in [6.07, 6.45) is 5.59.